The summed E-state index contributed by atoms with van der Waals surface area (Å²) in [5.41, 5.74) is 2.59. The maximum atomic E-state index is 13.2. The molecule has 178 valence electrons. The van der Waals surface area contributed by atoms with Crippen LogP contribution in [0, 0.1) is 0 Å². The number of carbonyl (C=O) groups excluding carboxylic acids is 1. The van der Waals surface area contributed by atoms with Crippen molar-refractivity contribution in [1.29, 1.82) is 0 Å². The van der Waals surface area contributed by atoms with Crippen molar-refractivity contribution in [3.63, 3.8) is 0 Å². The van der Waals surface area contributed by atoms with E-state index in [-0.39, 0.29) is 16.6 Å². The molecule has 0 aliphatic carbocycles. The Morgan fingerprint density at radius 2 is 1.94 bits per heavy atom. The van der Waals surface area contributed by atoms with E-state index in [1.54, 1.807) is 29.2 Å². The van der Waals surface area contributed by atoms with E-state index in [0.717, 1.165) is 35.5 Å². The standard InChI is InChI=1S/C24H27N5O3S2/c1-4-14-29-23(18-9-6-5-7-10-18)25-26-24(29)33-17-22(30)28-15-8-11-19-16-20(12-13-21(19)28)34(31,32)27(2)3/h4-7,9-10,12-13,16H,1,8,11,14-15,17H2,2-3H3. The van der Waals surface area contributed by atoms with Crippen LogP contribution in [0.2, 0.25) is 0 Å². The molecule has 1 aliphatic rings. The van der Waals surface area contributed by atoms with Gasteiger partial charge in [0.05, 0.1) is 10.6 Å². The Morgan fingerprint density at radius 1 is 1.18 bits per heavy atom. The van der Waals surface area contributed by atoms with Crippen molar-refractivity contribution in [2.75, 3.05) is 31.3 Å². The number of nitrogens with zero attached hydrogens (tertiary/aromatic N) is 5. The van der Waals surface area contributed by atoms with Gasteiger partial charge in [-0.2, -0.15) is 0 Å². The molecule has 34 heavy (non-hydrogen) atoms. The lowest BCUT2D eigenvalue weighted by Gasteiger charge is -2.30. The molecule has 1 aromatic heterocycles. The van der Waals surface area contributed by atoms with E-state index in [1.807, 2.05) is 34.9 Å². The molecule has 0 unspecified atom stereocenters. The SMILES string of the molecule is C=CCn1c(SCC(=O)N2CCCc3cc(S(=O)(=O)N(C)C)ccc32)nnc1-c1ccccc1. The van der Waals surface area contributed by atoms with Crippen LogP contribution in [-0.2, 0) is 27.8 Å². The first-order valence-corrected chi connectivity index (χ1v) is 13.3. The van der Waals surface area contributed by atoms with Crippen LogP contribution in [0.25, 0.3) is 11.4 Å². The predicted molar refractivity (Wildman–Crippen MR) is 134 cm³/mol. The van der Waals surface area contributed by atoms with Crippen LogP contribution >= 0.6 is 11.8 Å². The largest absolute Gasteiger partial charge is 0.311 e. The lowest BCUT2D eigenvalue weighted by molar-refractivity contribution is -0.116. The second-order valence-corrected chi connectivity index (χ2v) is 11.2. The second kappa shape index (κ2) is 10.1. The molecule has 0 saturated heterocycles. The first-order valence-electron chi connectivity index (χ1n) is 10.9. The number of benzene rings is 2. The van der Waals surface area contributed by atoms with E-state index >= 15 is 0 Å². The topological polar surface area (TPSA) is 88.4 Å². The lowest BCUT2D eigenvalue weighted by atomic mass is 10.0. The fourth-order valence-electron chi connectivity index (χ4n) is 3.90. The fourth-order valence-corrected chi connectivity index (χ4v) is 5.67. The molecular formula is C24H27N5O3S2. The summed E-state index contributed by atoms with van der Waals surface area (Å²) in [6.45, 7) is 4.96. The molecule has 0 fully saturated rings. The number of carbonyl (C=O) groups is 1. The highest BCUT2D eigenvalue weighted by atomic mass is 32.2. The van der Waals surface area contributed by atoms with E-state index in [9.17, 15) is 13.2 Å². The first kappa shape index (κ1) is 24.2. The second-order valence-electron chi connectivity index (χ2n) is 8.09. The van der Waals surface area contributed by atoms with Crippen LogP contribution in [0.4, 0.5) is 5.69 Å². The average Bonchev–Trinajstić information content (AvgIpc) is 3.25. The Hall–Kier alpha value is -2.95. The summed E-state index contributed by atoms with van der Waals surface area (Å²) in [6.07, 6.45) is 3.29. The Labute approximate surface area is 204 Å². The van der Waals surface area contributed by atoms with E-state index < -0.39 is 10.0 Å². The minimum atomic E-state index is -3.53. The lowest BCUT2D eigenvalue weighted by Crippen LogP contribution is -2.37. The van der Waals surface area contributed by atoms with Gasteiger partial charge in [-0.25, -0.2) is 12.7 Å². The van der Waals surface area contributed by atoms with Gasteiger partial charge >= 0.3 is 0 Å². The fraction of sp³-hybridized carbons (Fsp3) is 0.292. The van der Waals surface area contributed by atoms with Crippen LogP contribution in [0.15, 0.2) is 71.2 Å². The Balaban J connectivity index is 1.53. The molecule has 2 heterocycles. The Kier molecular flexibility index (Phi) is 7.20. The molecular weight excluding hydrogens is 470 g/mol. The number of fused-ring (bicyclic) bond motifs is 1. The number of allylic oxidation sites excluding steroid dienone is 1. The van der Waals surface area contributed by atoms with Gasteiger partial charge in [0.25, 0.3) is 0 Å². The number of rotatable bonds is 8. The van der Waals surface area contributed by atoms with Gasteiger partial charge < -0.3 is 4.90 Å². The summed E-state index contributed by atoms with van der Waals surface area (Å²) < 4.78 is 28.1. The van der Waals surface area contributed by atoms with Gasteiger partial charge in [0.2, 0.25) is 15.9 Å². The summed E-state index contributed by atoms with van der Waals surface area (Å²) in [5, 5.41) is 9.30. The van der Waals surface area contributed by atoms with Crippen LogP contribution in [0.5, 0.6) is 0 Å². The first-order chi connectivity index (χ1) is 16.3. The van der Waals surface area contributed by atoms with E-state index in [1.165, 1.54) is 30.2 Å². The normalized spacial score (nSPS) is 13.7. The van der Waals surface area contributed by atoms with Crippen LogP contribution in [-0.4, -0.2) is 59.8 Å². The smallest absolute Gasteiger partial charge is 0.242 e. The Morgan fingerprint density at radius 3 is 2.65 bits per heavy atom. The van der Waals surface area contributed by atoms with Gasteiger partial charge in [0, 0.05) is 38.4 Å². The van der Waals surface area contributed by atoms with E-state index in [4.69, 9.17) is 0 Å². The number of thioether (sulfide) groups is 1. The molecule has 3 aromatic rings. The van der Waals surface area contributed by atoms with Crippen molar-refractivity contribution in [2.45, 2.75) is 29.4 Å². The van der Waals surface area contributed by atoms with Crippen LogP contribution in [0.3, 0.4) is 0 Å². The summed E-state index contributed by atoms with van der Waals surface area (Å²) in [6, 6.07) is 14.8. The van der Waals surface area contributed by atoms with Gasteiger partial charge in [0.1, 0.15) is 0 Å². The van der Waals surface area contributed by atoms with Crippen molar-refractivity contribution < 1.29 is 13.2 Å². The van der Waals surface area contributed by atoms with E-state index in [2.05, 4.69) is 16.8 Å². The molecule has 0 N–H and O–H groups in total. The Bertz CT molecular complexity index is 1300. The van der Waals surface area contributed by atoms with Crippen molar-refractivity contribution in [3.05, 3.63) is 66.7 Å². The molecule has 0 atom stereocenters. The van der Waals surface area contributed by atoms with Gasteiger partial charge in [0.15, 0.2) is 11.0 Å². The number of aryl methyl sites for hydroxylation is 1. The maximum Gasteiger partial charge on any atom is 0.242 e. The molecule has 4 rings (SSSR count). The molecule has 0 radical (unpaired) electrons. The zero-order valence-corrected chi connectivity index (χ0v) is 20.8. The van der Waals surface area contributed by atoms with Gasteiger partial charge in [-0.3, -0.25) is 9.36 Å². The average molecular weight is 498 g/mol. The third kappa shape index (κ3) is 4.79. The zero-order chi connectivity index (χ0) is 24.3. The molecule has 8 nitrogen and oxygen atoms in total. The van der Waals surface area contributed by atoms with Crippen molar-refractivity contribution >= 4 is 33.4 Å². The molecule has 10 heteroatoms. The number of hydrogen-bond acceptors (Lipinski definition) is 6. The molecule has 2 aromatic carbocycles. The van der Waals surface area contributed by atoms with Crippen LogP contribution in [0.1, 0.15) is 12.0 Å². The number of hydrogen-bond donors (Lipinski definition) is 0. The van der Waals surface area contributed by atoms with Crippen molar-refractivity contribution in [2.24, 2.45) is 0 Å². The van der Waals surface area contributed by atoms with Gasteiger partial charge in [-0.15, -0.1) is 16.8 Å². The quantitative estimate of drug-likeness (QED) is 0.350. The molecule has 1 aliphatic heterocycles. The monoisotopic (exact) mass is 497 g/mol. The number of aromatic nitrogens is 3. The minimum absolute atomic E-state index is 0.0522. The highest BCUT2D eigenvalue weighted by molar-refractivity contribution is 7.99. The van der Waals surface area contributed by atoms with E-state index in [0.29, 0.717) is 18.2 Å². The maximum absolute atomic E-state index is 13.2. The molecule has 0 spiro atoms. The summed E-state index contributed by atoms with van der Waals surface area (Å²) in [4.78, 5) is 15.2. The summed E-state index contributed by atoms with van der Waals surface area (Å²) in [7, 11) is -0.505. The molecule has 1 amide bonds. The summed E-state index contributed by atoms with van der Waals surface area (Å²) >= 11 is 1.34. The van der Waals surface area contributed by atoms with Gasteiger partial charge in [-0.1, -0.05) is 48.2 Å². The van der Waals surface area contributed by atoms with Gasteiger partial charge in [-0.05, 0) is 36.6 Å². The van der Waals surface area contributed by atoms with Crippen molar-refractivity contribution in [3.8, 4) is 11.4 Å². The predicted octanol–water partition coefficient (Wildman–Crippen LogP) is 3.45. The van der Waals surface area contributed by atoms with Crippen molar-refractivity contribution in [1.82, 2.24) is 19.1 Å². The highest BCUT2D eigenvalue weighted by Crippen LogP contribution is 2.31. The minimum Gasteiger partial charge on any atom is -0.311 e. The zero-order valence-electron chi connectivity index (χ0n) is 19.2. The number of amides is 1. The molecule has 0 bridgehead atoms. The summed E-state index contributed by atoms with van der Waals surface area (Å²) in [5.74, 6) is 0.873. The molecule has 0 saturated carbocycles. The third-order valence-electron chi connectivity index (χ3n) is 5.63. The number of sulfonamides is 1. The number of anilines is 1. The van der Waals surface area contributed by atoms with Crippen LogP contribution < -0.4 is 4.90 Å². The third-order valence-corrected chi connectivity index (χ3v) is 8.40. The highest BCUT2D eigenvalue weighted by Gasteiger charge is 2.26.